The molecule has 0 aliphatic rings. The van der Waals surface area contributed by atoms with Gasteiger partial charge in [0.15, 0.2) is 0 Å². The van der Waals surface area contributed by atoms with E-state index in [2.05, 4.69) is 0 Å². The number of carboxylic acid groups (broad SMARTS) is 1. The van der Waals surface area contributed by atoms with Crippen LogP contribution in [0, 0.1) is 5.92 Å². The number of carbonyl (C=O) groups is 2. The standard InChI is InChI=1S/C12H15NO3/c13-11(14)8-10(12(15)16)7-6-9-4-2-1-3-5-9/h1-5,10H,6-8H2,(H2,13,14)(H,15,16). The highest BCUT2D eigenvalue weighted by Gasteiger charge is 2.19. The van der Waals surface area contributed by atoms with E-state index in [-0.39, 0.29) is 6.42 Å². The third-order valence-corrected chi connectivity index (χ3v) is 2.42. The number of hydrogen-bond acceptors (Lipinski definition) is 2. The number of carboxylic acids is 1. The van der Waals surface area contributed by atoms with E-state index in [1.165, 1.54) is 0 Å². The molecule has 1 unspecified atom stereocenters. The molecule has 4 heteroatoms. The Kier molecular flexibility index (Phi) is 4.51. The molecule has 1 aromatic carbocycles. The minimum Gasteiger partial charge on any atom is -0.481 e. The third kappa shape index (κ3) is 4.13. The van der Waals surface area contributed by atoms with E-state index in [0.717, 1.165) is 5.56 Å². The van der Waals surface area contributed by atoms with Gasteiger partial charge >= 0.3 is 5.97 Å². The number of carbonyl (C=O) groups excluding carboxylic acids is 1. The summed E-state index contributed by atoms with van der Waals surface area (Å²) < 4.78 is 0. The van der Waals surface area contributed by atoms with E-state index < -0.39 is 17.8 Å². The van der Waals surface area contributed by atoms with Gasteiger partial charge in [-0.25, -0.2) is 0 Å². The normalized spacial score (nSPS) is 12.0. The molecule has 4 nitrogen and oxygen atoms in total. The monoisotopic (exact) mass is 221 g/mol. The number of amides is 1. The van der Waals surface area contributed by atoms with Crippen molar-refractivity contribution in [3.63, 3.8) is 0 Å². The molecular formula is C12H15NO3. The molecule has 0 fully saturated rings. The van der Waals surface area contributed by atoms with Crippen molar-refractivity contribution in [2.75, 3.05) is 0 Å². The smallest absolute Gasteiger partial charge is 0.307 e. The fourth-order valence-corrected chi connectivity index (χ4v) is 1.54. The number of nitrogens with two attached hydrogens (primary N) is 1. The van der Waals surface area contributed by atoms with E-state index >= 15 is 0 Å². The Hall–Kier alpha value is -1.84. The topological polar surface area (TPSA) is 80.4 Å². The number of aryl methyl sites for hydroxylation is 1. The van der Waals surface area contributed by atoms with Crippen molar-refractivity contribution in [1.29, 1.82) is 0 Å². The zero-order valence-corrected chi connectivity index (χ0v) is 8.93. The Morgan fingerprint density at radius 2 is 1.88 bits per heavy atom. The van der Waals surface area contributed by atoms with Gasteiger partial charge in [-0.15, -0.1) is 0 Å². The molecule has 1 rings (SSSR count). The zero-order valence-electron chi connectivity index (χ0n) is 8.93. The first kappa shape index (κ1) is 12.2. The van der Waals surface area contributed by atoms with Crippen molar-refractivity contribution >= 4 is 11.9 Å². The number of benzene rings is 1. The molecule has 0 aromatic heterocycles. The molecule has 1 atom stereocenters. The second-order valence-corrected chi connectivity index (χ2v) is 3.73. The summed E-state index contributed by atoms with van der Waals surface area (Å²) in [5, 5.41) is 8.89. The minimum atomic E-state index is -0.963. The molecule has 0 bridgehead atoms. The van der Waals surface area contributed by atoms with Gasteiger partial charge in [-0.3, -0.25) is 9.59 Å². The number of primary amides is 1. The maximum Gasteiger partial charge on any atom is 0.307 e. The van der Waals surface area contributed by atoms with Gasteiger partial charge < -0.3 is 10.8 Å². The molecule has 0 aliphatic heterocycles. The molecular weight excluding hydrogens is 206 g/mol. The first-order chi connectivity index (χ1) is 7.59. The van der Waals surface area contributed by atoms with Gasteiger partial charge in [-0.05, 0) is 18.4 Å². The Labute approximate surface area is 94.1 Å². The van der Waals surface area contributed by atoms with Crippen LogP contribution in [0.15, 0.2) is 30.3 Å². The van der Waals surface area contributed by atoms with Crippen LogP contribution in [-0.4, -0.2) is 17.0 Å². The lowest BCUT2D eigenvalue weighted by molar-refractivity contribution is -0.143. The van der Waals surface area contributed by atoms with E-state index in [1.807, 2.05) is 30.3 Å². The Morgan fingerprint density at radius 3 is 2.38 bits per heavy atom. The molecule has 16 heavy (non-hydrogen) atoms. The molecule has 1 amide bonds. The van der Waals surface area contributed by atoms with E-state index in [9.17, 15) is 9.59 Å². The number of aliphatic carboxylic acids is 1. The first-order valence-electron chi connectivity index (χ1n) is 5.14. The molecule has 0 saturated carbocycles. The third-order valence-electron chi connectivity index (χ3n) is 2.42. The molecule has 0 radical (unpaired) electrons. The summed E-state index contributed by atoms with van der Waals surface area (Å²) in [6.45, 7) is 0. The summed E-state index contributed by atoms with van der Waals surface area (Å²) in [7, 11) is 0. The van der Waals surface area contributed by atoms with E-state index in [1.54, 1.807) is 0 Å². The summed E-state index contributed by atoms with van der Waals surface area (Å²) in [5.74, 6) is -2.21. The second kappa shape index (κ2) is 5.90. The summed E-state index contributed by atoms with van der Waals surface area (Å²) >= 11 is 0. The maximum atomic E-state index is 10.8. The Balaban J connectivity index is 2.50. The van der Waals surface area contributed by atoms with Crippen molar-refractivity contribution in [1.82, 2.24) is 0 Å². The molecule has 86 valence electrons. The quantitative estimate of drug-likeness (QED) is 0.757. The van der Waals surface area contributed by atoms with Crippen LogP contribution in [0.3, 0.4) is 0 Å². The average Bonchev–Trinajstić information content (AvgIpc) is 2.25. The van der Waals surface area contributed by atoms with E-state index in [4.69, 9.17) is 10.8 Å². The van der Waals surface area contributed by atoms with Gasteiger partial charge in [0, 0.05) is 6.42 Å². The van der Waals surface area contributed by atoms with Crippen LogP contribution in [0.4, 0.5) is 0 Å². The molecule has 0 spiro atoms. The maximum absolute atomic E-state index is 10.8. The van der Waals surface area contributed by atoms with Crippen molar-refractivity contribution in [3.8, 4) is 0 Å². The van der Waals surface area contributed by atoms with Crippen molar-refractivity contribution in [2.45, 2.75) is 19.3 Å². The number of rotatable bonds is 6. The van der Waals surface area contributed by atoms with E-state index in [0.29, 0.717) is 12.8 Å². The Morgan fingerprint density at radius 1 is 1.25 bits per heavy atom. The Bertz CT molecular complexity index is 362. The van der Waals surface area contributed by atoms with Gasteiger partial charge in [0.2, 0.25) is 5.91 Å². The first-order valence-corrected chi connectivity index (χ1v) is 5.14. The highest BCUT2D eigenvalue weighted by atomic mass is 16.4. The van der Waals surface area contributed by atoms with Crippen LogP contribution in [0.1, 0.15) is 18.4 Å². The lowest BCUT2D eigenvalue weighted by atomic mass is 9.96. The fraction of sp³-hybridized carbons (Fsp3) is 0.333. The van der Waals surface area contributed by atoms with Gasteiger partial charge in [0.1, 0.15) is 0 Å². The largest absolute Gasteiger partial charge is 0.481 e. The SMILES string of the molecule is NC(=O)CC(CCc1ccccc1)C(=O)O. The summed E-state index contributed by atoms with van der Waals surface area (Å²) in [4.78, 5) is 21.5. The average molecular weight is 221 g/mol. The molecule has 0 saturated heterocycles. The van der Waals surface area contributed by atoms with Crippen LogP contribution in [0.2, 0.25) is 0 Å². The minimum absolute atomic E-state index is 0.0951. The highest BCUT2D eigenvalue weighted by Crippen LogP contribution is 2.13. The molecule has 3 N–H and O–H groups in total. The van der Waals surface area contributed by atoms with Crippen molar-refractivity contribution in [2.24, 2.45) is 11.7 Å². The summed E-state index contributed by atoms with van der Waals surface area (Å²) in [6, 6.07) is 9.58. The lowest BCUT2D eigenvalue weighted by Gasteiger charge is -2.09. The van der Waals surface area contributed by atoms with Crippen LogP contribution < -0.4 is 5.73 Å². The van der Waals surface area contributed by atoms with Crippen LogP contribution in [-0.2, 0) is 16.0 Å². The van der Waals surface area contributed by atoms with Crippen LogP contribution >= 0.6 is 0 Å². The summed E-state index contributed by atoms with van der Waals surface area (Å²) in [6.07, 6.45) is 0.982. The van der Waals surface area contributed by atoms with Crippen molar-refractivity contribution in [3.05, 3.63) is 35.9 Å². The highest BCUT2D eigenvalue weighted by molar-refractivity contribution is 5.80. The summed E-state index contributed by atoms with van der Waals surface area (Å²) in [5.41, 5.74) is 6.07. The molecule has 1 aromatic rings. The number of hydrogen-bond donors (Lipinski definition) is 2. The zero-order chi connectivity index (χ0) is 12.0. The second-order valence-electron chi connectivity index (χ2n) is 3.73. The van der Waals surface area contributed by atoms with Gasteiger partial charge in [-0.2, -0.15) is 0 Å². The van der Waals surface area contributed by atoms with Crippen LogP contribution in [0.25, 0.3) is 0 Å². The van der Waals surface area contributed by atoms with Gasteiger partial charge in [-0.1, -0.05) is 30.3 Å². The fourth-order valence-electron chi connectivity index (χ4n) is 1.54. The van der Waals surface area contributed by atoms with Crippen LogP contribution in [0.5, 0.6) is 0 Å². The predicted molar refractivity (Wildman–Crippen MR) is 59.7 cm³/mol. The lowest BCUT2D eigenvalue weighted by Crippen LogP contribution is -2.23. The van der Waals surface area contributed by atoms with Crippen molar-refractivity contribution < 1.29 is 14.7 Å². The van der Waals surface area contributed by atoms with Gasteiger partial charge in [0.25, 0.3) is 0 Å². The molecule has 0 heterocycles. The molecule has 0 aliphatic carbocycles. The predicted octanol–water partition coefficient (Wildman–Crippen LogP) is 1.20. The van der Waals surface area contributed by atoms with Gasteiger partial charge in [0.05, 0.1) is 5.92 Å².